The number of anilines is 1. The van der Waals surface area contributed by atoms with Crippen molar-refractivity contribution in [2.24, 2.45) is 0 Å². The molecular formula is C22H18N4O. The van der Waals surface area contributed by atoms with Gasteiger partial charge in [-0.25, -0.2) is 0 Å². The molecule has 0 radical (unpaired) electrons. The standard InChI is InChI=1S/C22H18N4O/c1-2-7-20-17(6-1)22(13-26(20)12-16-5-3-4-8-23-16)14-27-21-10-19-15(9-18(21)22)11-24-25-19/h1-11H,12-14H2,(H,24,25). The molecule has 2 aromatic carbocycles. The van der Waals surface area contributed by atoms with Gasteiger partial charge in [-0.3, -0.25) is 10.1 Å². The van der Waals surface area contributed by atoms with Crippen molar-refractivity contribution in [1.29, 1.82) is 0 Å². The fourth-order valence-corrected chi connectivity index (χ4v) is 4.58. The van der Waals surface area contributed by atoms with Crippen LogP contribution in [0.15, 0.2) is 67.0 Å². The Morgan fingerprint density at radius 1 is 1.07 bits per heavy atom. The number of aromatic nitrogens is 3. The average molecular weight is 354 g/mol. The molecule has 1 atom stereocenters. The second-order valence-electron chi connectivity index (χ2n) is 7.37. The van der Waals surface area contributed by atoms with E-state index in [2.05, 4.69) is 62.5 Å². The SMILES string of the molecule is c1ccc(CN2CC3(COc4cc5[nH]ncc5cc43)c3ccccc32)nc1. The molecule has 4 heterocycles. The van der Waals surface area contributed by atoms with E-state index in [1.54, 1.807) is 0 Å². The molecule has 0 aliphatic carbocycles. The Balaban J connectivity index is 1.49. The Morgan fingerprint density at radius 3 is 2.93 bits per heavy atom. The van der Waals surface area contributed by atoms with Crippen molar-refractivity contribution in [3.8, 4) is 5.75 Å². The lowest BCUT2D eigenvalue weighted by molar-refractivity contribution is 0.299. The van der Waals surface area contributed by atoms with Gasteiger partial charge in [-0.15, -0.1) is 0 Å². The van der Waals surface area contributed by atoms with Gasteiger partial charge in [0.25, 0.3) is 0 Å². The van der Waals surface area contributed by atoms with Crippen LogP contribution in [-0.4, -0.2) is 28.3 Å². The zero-order chi connectivity index (χ0) is 17.8. The largest absolute Gasteiger partial charge is 0.492 e. The van der Waals surface area contributed by atoms with Crippen molar-refractivity contribution in [1.82, 2.24) is 15.2 Å². The van der Waals surface area contributed by atoms with E-state index in [1.807, 2.05) is 24.5 Å². The van der Waals surface area contributed by atoms with Crippen molar-refractivity contribution in [3.05, 3.63) is 83.8 Å². The molecule has 1 spiro atoms. The Kier molecular flexibility index (Phi) is 2.92. The number of pyridine rings is 1. The first-order valence-corrected chi connectivity index (χ1v) is 9.18. The van der Waals surface area contributed by atoms with Gasteiger partial charge in [-0.2, -0.15) is 5.10 Å². The second-order valence-corrected chi connectivity index (χ2v) is 7.37. The Morgan fingerprint density at radius 2 is 2.00 bits per heavy atom. The summed E-state index contributed by atoms with van der Waals surface area (Å²) in [6.07, 6.45) is 3.74. The molecule has 1 unspecified atom stereocenters. The Labute approximate surface area is 156 Å². The van der Waals surface area contributed by atoms with E-state index in [1.165, 1.54) is 16.8 Å². The summed E-state index contributed by atoms with van der Waals surface area (Å²) in [7, 11) is 0. The molecule has 2 aromatic heterocycles. The van der Waals surface area contributed by atoms with E-state index < -0.39 is 0 Å². The maximum Gasteiger partial charge on any atom is 0.125 e. The highest BCUT2D eigenvalue weighted by Crippen LogP contribution is 2.52. The summed E-state index contributed by atoms with van der Waals surface area (Å²) in [5.74, 6) is 0.959. The summed E-state index contributed by atoms with van der Waals surface area (Å²) < 4.78 is 6.18. The molecule has 27 heavy (non-hydrogen) atoms. The number of benzene rings is 2. The van der Waals surface area contributed by atoms with Gasteiger partial charge in [0.2, 0.25) is 0 Å². The summed E-state index contributed by atoms with van der Waals surface area (Å²) in [4.78, 5) is 6.95. The quantitative estimate of drug-likeness (QED) is 0.597. The third-order valence-corrected chi connectivity index (χ3v) is 5.83. The molecule has 2 aliphatic rings. The smallest absolute Gasteiger partial charge is 0.125 e. The third kappa shape index (κ3) is 2.05. The molecule has 0 bridgehead atoms. The van der Waals surface area contributed by atoms with Crippen molar-refractivity contribution >= 4 is 16.6 Å². The minimum absolute atomic E-state index is 0.147. The highest BCUT2D eigenvalue weighted by molar-refractivity contribution is 5.83. The van der Waals surface area contributed by atoms with Gasteiger partial charge in [0.15, 0.2) is 0 Å². The fourth-order valence-electron chi connectivity index (χ4n) is 4.58. The molecule has 0 fully saturated rings. The van der Waals surface area contributed by atoms with Gasteiger partial charge in [-0.1, -0.05) is 24.3 Å². The maximum absolute atomic E-state index is 6.18. The molecule has 1 N–H and O–H groups in total. The van der Waals surface area contributed by atoms with E-state index in [-0.39, 0.29) is 5.41 Å². The van der Waals surface area contributed by atoms with Crippen LogP contribution < -0.4 is 9.64 Å². The predicted octanol–water partition coefficient (Wildman–Crippen LogP) is 3.66. The zero-order valence-corrected chi connectivity index (χ0v) is 14.7. The van der Waals surface area contributed by atoms with Crippen molar-refractivity contribution in [3.63, 3.8) is 0 Å². The first-order valence-electron chi connectivity index (χ1n) is 9.18. The summed E-state index contributed by atoms with van der Waals surface area (Å²) in [5.41, 5.74) is 5.81. The predicted molar refractivity (Wildman–Crippen MR) is 104 cm³/mol. The average Bonchev–Trinajstić information content (AvgIpc) is 3.39. The van der Waals surface area contributed by atoms with E-state index in [9.17, 15) is 0 Å². The van der Waals surface area contributed by atoms with E-state index in [4.69, 9.17) is 4.74 Å². The fraction of sp³-hybridized carbons (Fsp3) is 0.182. The van der Waals surface area contributed by atoms with Crippen molar-refractivity contribution < 1.29 is 4.74 Å². The molecule has 0 amide bonds. The molecule has 0 saturated carbocycles. The van der Waals surface area contributed by atoms with Gasteiger partial charge in [0.1, 0.15) is 12.4 Å². The number of H-pyrrole nitrogens is 1. The number of nitrogens with zero attached hydrogens (tertiary/aromatic N) is 3. The number of aromatic amines is 1. The zero-order valence-electron chi connectivity index (χ0n) is 14.7. The first-order chi connectivity index (χ1) is 13.3. The molecule has 5 nitrogen and oxygen atoms in total. The molecule has 2 aliphatic heterocycles. The molecule has 6 rings (SSSR count). The van der Waals surface area contributed by atoms with Gasteiger partial charge in [0, 0.05) is 35.4 Å². The van der Waals surface area contributed by atoms with Crippen LogP contribution in [0, 0.1) is 0 Å². The van der Waals surface area contributed by atoms with Crippen LogP contribution >= 0.6 is 0 Å². The summed E-state index contributed by atoms with van der Waals surface area (Å²) in [6.45, 7) is 2.35. The number of ether oxygens (including phenoxy) is 1. The Bertz CT molecular complexity index is 1150. The van der Waals surface area contributed by atoms with Gasteiger partial charge in [0.05, 0.1) is 29.4 Å². The highest BCUT2D eigenvalue weighted by Gasteiger charge is 2.49. The summed E-state index contributed by atoms with van der Waals surface area (Å²) >= 11 is 0. The Hall–Kier alpha value is -3.34. The van der Waals surface area contributed by atoms with Crippen LogP contribution in [0.2, 0.25) is 0 Å². The van der Waals surface area contributed by atoms with Crippen LogP contribution in [0.25, 0.3) is 10.9 Å². The van der Waals surface area contributed by atoms with E-state index in [0.29, 0.717) is 6.61 Å². The van der Waals surface area contributed by atoms with E-state index >= 15 is 0 Å². The van der Waals surface area contributed by atoms with Crippen LogP contribution in [0.5, 0.6) is 5.75 Å². The monoisotopic (exact) mass is 354 g/mol. The lowest BCUT2D eigenvalue weighted by atomic mass is 9.77. The number of hydrogen-bond acceptors (Lipinski definition) is 4. The first kappa shape index (κ1) is 14.8. The third-order valence-electron chi connectivity index (χ3n) is 5.83. The number of rotatable bonds is 2. The van der Waals surface area contributed by atoms with Gasteiger partial charge < -0.3 is 9.64 Å². The number of hydrogen-bond donors (Lipinski definition) is 1. The van der Waals surface area contributed by atoms with Crippen molar-refractivity contribution in [2.45, 2.75) is 12.0 Å². The lowest BCUT2D eigenvalue weighted by Gasteiger charge is -2.25. The molecule has 5 heteroatoms. The summed E-state index contributed by atoms with van der Waals surface area (Å²) in [5, 5.41) is 8.34. The number of fused-ring (bicyclic) bond motifs is 5. The molecule has 0 saturated heterocycles. The number of para-hydroxylation sites is 1. The topological polar surface area (TPSA) is 54.0 Å². The molecule has 4 aromatic rings. The minimum atomic E-state index is -0.147. The van der Waals surface area contributed by atoms with Gasteiger partial charge in [-0.05, 0) is 29.8 Å². The van der Waals surface area contributed by atoms with Crippen LogP contribution in [-0.2, 0) is 12.0 Å². The highest BCUT2D eigenvalue weighted by atomic mass is 16.5. The molecule has 132 valence electrons. The van der Waals surface area contributed by atoms with Crippen molar-refractivity contribution in [2.75, 3.05) is 18.1 Å². The van der Waals surface area contributed by atoms with Crippen LogP contribution in [0.4, 0.5) is 5.69 Å². The maximum atomic E-state index is 6.18. The lowest BCUT2D eigenvalue weighted by Crippen LogP contribution is -2.36. The minimum Gasteiger partial charge on any atom is -0.492 e. The van der Waals surface area contributed by atoms with E-state index in [0.717, 1.165) is 35.4 Å². The van der Waals surface area contributed by atoms with Crippen LogP contribution in [0.3, 0.4) is 0 Å². The second kappa shape index (κ2) is 5.33. The number of nitrogens with one attached hydrogen (secondary N) is 1. The summed E-state index contributed by atoms with van der Waals surface area (Å²) in [6, 6.07) is 19.1. The van der Waals surface area contributed by atoms with Gasteiger partial charge >= 0.3 is 0 Å². The van der Waals surface area contributed by atoms with Crippen LogP contribution in [0.1, 0.15) is 16.8 Å². The molecular weight excluding hydrogens is 336 g/mol. The normalized spacial score (nSPS) is 20.1.